The second-order valence-electron chi connectivity index (χ2n) is 7.61. The van der Waals surface area contributed by atoms with Crippen LogP contribution in [0.1, 0.15) is 20.8 Å². The first-order valence-corrected chi connectivity index (χ1v) is 9.38. The predicted molar refractivity (Wildman–Crippen MR) is 101 cm³/mol. The fourth-order valence-electron chi connectivity index (χ4n) is 4.77. The van der Waals surface area contributed by atoms with Gasteiger partial charge < -0.3 is 19.9 Å². The van der Waals surface area contributed by atoms with Gasteiger partial charge in [0.1, 0.15) is 11.5 Å². The van der Waals surface area contributed by atoms with Gasteiger partial charge in [-0.2, -0.15) is 0 Å². The minimum atomic E-state index is -1.66. The number of imide groups is 1. The number of ether oxygens (including phenoxy) is 2. The Bertz CT molecular complexity index is 999. The molecule has 2 saturated heterocycles. The van der Waals surface area contributed by atoms with E-state index in [1.807, 2.05) is 0 Å². The number of carbonyl (C=O) groups is 4. The van der Waals surface area contributed by atoms with Crippen LogP contribution in [0.5, 0.6) is 0 Å². The number of benzene rings is 1. The maximum atomic E-state index is 13.3. The normalized spacial score (nSPS) is 29.8. The third-order valence-electron chi connectivity index (χ3n) is 6.11. The van der Waals surface area contributed by atoms with Crippen LogP contribution in [0, 0.1) is 22.5 Å². The maximum absolute atomic E-state index is 13.3. The van der Waals surface area contributed by atoms with Crippen molar-refractivity contribution in [1.29, 1.82) is 0 Å². The smallest absolute Gasteiger partial charge is 0.335 e. The lowest BCUT2D eigenvalue weighted by atomic mass is 9.57. The Morgan fingerprint density at radius 1 is 1.27 bits per heavy atom. The number of hydrogen-bond acceptors (Lipinski definition) is 9. The Morgan fingerprint density at radius 3 is 2.47 bits per heavy atom. The molecule has 3 aliphatic heterocycles. The van der Waals surface area contributed by atoms with E-state index in [0.717, 1.165) is 4.90 Å². The van der Waals surface area contributed by atoms with Crippen molar-refractivity contribution in [3.63, 3.8) is 0 Å². The molecule has 0 spiro atoms. The first kappa shape index (κ1) is 20.0. The van der Waals surface area contributed by atoms with Gasteiger partial charge in [-0.1, -0.05) is 0 Å². The minimum Gasteiger partial charge on any atom is -0.733 e. The maximum Gasteiger partial charge on any atom is 0.335 e. The van der Waals surface area contributed by atoms with Crippen LogP contribution in [-0.2, 0) is 28.7 Å². The first-order chi connectivity index (χ1) is 14.1. The molecule has 10 heteroatoms. The Labute approximate surface area is 171 Å². The van der Waals surface area contributed by atoms with E-state index >= 15 is 0 Å². The van der Waals surface area contributed by atoms with Crippen LogP contribution in [0.25, 0.3) is 0 Å². The summed E-state index contributed by atoms with van der Waals surface area (Å²) in [6.45, 7) is 4.74. The van der Waals surface area contributed by atoms with Crippen LogP contribution in [0.15, 0.2) is 35.4 Å². The molecule has 0 aromatic heterocycles. The van der Waals surface area contributed by atoms with Gasteiger partial charge in [0.25, 0.3) is 0 Å². The van der Waals surface area contributed by atoms with Gasteiger partial charge >= 0.3 is 11.9 Å². The first-order valence-electron chi connectivity index (χ1n) is 9.38. The van der Waals surface area contributed by atoms with E-state index in [1.54, 1.807) is 13.8 Å². The molecule has 3 heterocycles. The lowest BCUT2D eigenvalue weighted by Gasteiger charge is -2.48. The van der Waals surface area contributed by atoms with E-state index in [0.29, 0.717) is 5.57 Å². The molecule has 5 rings (SSSR count). The van der Waals surface area contributed by atoms with Crippen LogP contribution in [0.3, 0.4) is 0 Å². The Hall–Kier alpha value is -3.24. The molecule has 1 aromatic rings. The molecule has 0 saturated carbocycles. The molecule has 1 aromatic carbocycles. The third-order valence-corrected chi connectivity index (χ3v) is 6.11. The molecule has 2 amide bonds. The lowest BCUT2D eigenvalue weighted by Crippen LogP contribution is -2.60. The van der Waals surface area contributed by atoms with E-state index in [9.17, 15) is 24.4 Å². The van der Waals surface area contributed by atoms with Gasteiger partial charge in [-0.3, -0.25) is 19.6 Å². The Morgan fingerprint density at radius 2 is 1.90 bits per heavy atom. The summed E-state index contributed by atoms with van der Waals surface area (Å²) in [7, 11) is 0. The molecule has 2 bridgehead atoms. The van der Waals surface area contributed by atoms with Crippen molar-refractivity contribution in [2.45, 2.75) is 26.9 Å². The van der Waals surface area contributed by atoms with E-state index in [4.69, 9.17) is 14.7 Å². The second-order valence-corrected chi connectivity index (χ2v) is 7.61. The summed E-state index contributed by atoms with van der Waals surface area (Å²) in [5, 5.41) is 19.6. The monoisotopic (exact) mass is 415 g/mol. The summed E-state index contributed by atoms with van der Waals surface area (Å²) in [5.74, 6) is -4.74. The highest BCUT2D eigenvalue weighted by Crippen LogP contribution is 2.58. The number of anilines is 2. The number of amides is 2. The summed E-state index contributed by atoms with van der Waals surface area (Å²) in [6, 6.07) is 5.17. The molecule has 158 valence electrons. The van der Waals surface area contributed by atoms with Crippen LogP contribution in [0.2, 0.25) is 0 Å². The quantitative estimate of drug-likeness (QED) is 0.438. The number of carbonyl (C=O) groups excluding carboxylic acids is 4. The molecule has 30 heavy (non-hydrogen) atoms. The molecule has 10 nitrogen and oxygen atoms in total. The summed E-state index contributed by atoms with van der Waals surface area (Å²) < 4.78 is 10.5. The SMILES string of the molecule is CCOC(=O)C1=C(C)[C@H]2OC(=O)[C@@]1(C)[C@H]1C(=O)N(c3ccc(N([O-])O)cc3)C(=O)[C@H]21. The van der Waals surface area contributed by atoms with Crippen molar-refractivity contribution in [2.24, 2.45) is 17.3 Å². The largest absolute Gasteiger partial charge is 0.733 e. The number of esters is 2. The molecule has 4 atom stereocenters. The van der Waals surface area contributed by atoms with E-state index < -0.39 is 47.1 Å². The lowest BCUT2D eigenvalue weighted by molar-refractivity contribution is -0.184. The van der Waals surface area contributed by atoms with Crippen molar-refractivity contribution in [1.82, 2.24) is 0 Å². The highest BCUT2D eigenvalue weighted by molar-refractivity contribution is 6.25. The van der Waals surface area contributed by atoms with Gasteiger partial charge in [0, 0.05) is 0 Å². The number of rotatable bonds is 4. The molecule has 0 unspecified atom stereocenters. The third kappa shape index (κ3) is 2.44. The fourth-order valence-corrected chi connectivity index (χ4v) is 4.77. The molecule has 2 fully saturated rings. The fraction of sp³-hybridized carbons (Fsp3) is 0.400. The second kappa shape index (κ2) is 6.64. The van der Waals surface area contributed by atoms with Gasteiger partial charge in [-0.15, -0.1) is 0 Å². The van der Waals surface area contributed by atoms with E-state index in [1.165, 1.54) is 31.2 Å². The highest BCUT2D eigenvalue weighted by atomic mass is 16.8. The van der Waals surface area contributed by atoms with Crippen LogP contribution >= 0.6 is 0 Å². The van der Waals surface area contributed by atoms with Crippen molar-refractivity contribution < 1.29 is 33.9 Å². The standard InChI is InChI=1S/C20H19N2O8/c1-4-29-18(25)13-9(2)15-12-14(20(13,3)19(26)30-15)17(24)21(16(12)23)10-5-7-11(8-6-10)22(27)28/h5-8,12,14-15,27H,4H2,1-3H3/q-1/t12-,14+,15+,20+/m0/s1. The minimum absolute atomic E-state index is 0.0625. The molecular weight excluding hydrogens is 396 g/mol. The summed E-state index contributed by atoms with van der Waals surface area (Å²) >= 11 is 0. The van der Waals surface area contributed by atoms with Crippen molar-refractivity contribution in [2.75, 3.05) is 16.7 Å². The zero-order valence-corrected chi connectivity index (χ0v) is 16.4. The number of fused-ring (bicyclic) bond motifs is 1. The van der Waals surface area contributed by atoms with Crippen LogP contribution in [0.4, 0.5) is 11.4 Å². The topological polar surface area (TPSA) is 137 Å². The zero-order valence-electron chi connectivity index (χ0n) is 16.4. The molecule has 4 aliphatic rings. The summed E-state index contributed by atoms with van der Waals surface area (Å²) in [5.41, 5.74) is -1.10. The van der Waals surface area contributed by atoms with E-state index in [-0.39, 0.29) is 28.8 Å². The van der Waals surface area contributed by atoms with Gasteiger partial charge in [-0.25, -0.2) is 9.69 Å². The number of hydrogen-bond donors (Lipinski definition) is 1. The zero-order chi connectivity index (χ0) is 22.0. The molecule has 1 aliphatic carbocycles. The van der Waals surface area contributed by atoms with Gasteiger partial charge in [-0.05, 0) is 50.6 Å². The van der Waals surface area contributed by atoms with E-state index in [2.05, 4.69) is 0 Å². The molecule has 1 N–H and O–H groups in total. The van der Waals surface area contributed by atoms with Gasteiger partial charge in [0.2, 0.25) is 11.8 Å². The molecular formula is C20H19N2O8-. The average Bonchev–Trinajstić information content (AvgIpc) is 2.96. The average molecular weight is 415 g/mol. The predicted octanol–water partition coefficient (Wildman–Crippen LogP) is 1.31. The molecule has 0 radical (unpaired) electrons. The van der Waals surface area contributed by atoms with Crippen molar-refractivity contribution >= 4 is 35.1 Å². The van der Waals surface area contributed by atoms with Crippen LogP contribution in [-0.4, -0.2) is 41.7 Å². The van der Waals surface area contributed by atoms with Crippen molar-refractivity contribution in [3.05, 3.63) is 40.6 Å². The number of nitrogens with zero attached hydrogens (tertiary/aromatic N) is 2. The van der Waals surface area contributed by atoms with Gasteiger partial charge in [0.15, 0.2) is 0 Å². The Kier molecular flexibility index (Phi) is 4.44. The summed E-state index contributed by atoms with van der Waals surface area (Å²) in [6.07, 6.45) is -1.04. The van der Waals surface area contributed by atoms with Gasteiger partial charge in [0.05, 0.1) is 35.4 Å². The van der Waals surface area contributed by atoms with Crippen LogP contribution < -0.4 is 10.1 Å². The van der Waals surface area contributed by atoms with Crippen molar-refractivity contribution in [3.8, 4) is 0 Å². The Balaban J connectivity index is 1.80. The highest BCUT2D eigenvalue weighted by Gasteiger charge is 2.71. The summed E-state index contributed by atoms with van der Waals surface area (Å²) in [4.78, 5) is 52.9.